The molecule has 1 amide bonds. The van der Waals surface area contributed by atoms with E-state index >= 15 is 0 Å². The summed E-state index contributed by atoms with van der Waals surface area (Å²) in [5, 5.41) is 16.7. The molecule has 6 nitrogen and oxygen atoms in total. The summed E-state index contributed by atoms with van der Waals surface area (Å²) in [6.45, 7) is 4.86. The third-order valence-electron chi connectivity index (χ3n) is 3.82. The van der Waals surface area contributed by atoms with Crippen LogP contribution in [0.15, 0.2) is 18.2 Å². The van der Waals surface area contributed by atoms with E-state index in [1.165, 1.54) is 6.07 Å². The van der Waals surface area contributed by atoms with Gasteiger partial charge in [0, 0.05) is 25.2 Å². The molecule has 122 valence electrons. The zero-order valence-electron chi connectivity index (χ0n) is 13.5. The lowest BCUT2D eigenvalue weighted by Crippen LogP contribution is -2.29. The van der Waals surface area contributed by atoms with Crippen molar-refractivity contribution in [3.63, 3.8) is 0 Å². The van der Waals surface area contributed by atoms with Gasteiger partial charge in [0.25, 0.3) is 11.6 Å². The molecule has 0 aliphatic heterocycles. The van der Waals surface area contributed by atoms with E-state index in [1.807, 2.05) is 0 Å². The highest BCUT2D eigenvalue weighted by atomic mass is 16.6. The Hall–Kier alpha value is -2.11. The Kier molecular flexibility index (Phi) is 7.36. The average Bonchev–Trinajstić information content (AvgIpc) is 2.54. The molecule has 1 rings (SSSR count). The summed E-state index contributed by atoms with van der Waals surface area (Å²) in [5.74, 6) is 0.191. The van der Waals surface area contributed by atoms with E-state index < -0.39 is 4.92 Å². The third kappa shape index (κ3) is 5.02. The van der Waals surface area contributed by atoms with E-state index in [9.17, 15) is 14.9 Å². The molecule has 0 aliphatic carbocycles. The van der Waals surface area contributed by atoms with Gasteiger partial charge in [-0.2, -0.15) is 0 Å². The molecule has 1 atom stereocenters. The highest BCUT2D eigenvalue weighted by molar-refractivity contribution is 5.95. The van der Waals surface area contributed by atoms with Crippen molar-refractivity contribution in [2.45, 2.75) is 39.5 Å². The standard InChI is InChI=1S/C16H25N3O3/c1-4-6-7-12(5-2)11-18-16(20)13-8-9-14(17-3)15(10-13)19(21)22/h8-10,12,17H,4-7,11H2,1-3H3,(H,18,20). The molecule has 0 fully saturated rings. The molecule has 0 saturated heterocycles. The molecule has 0 radical (unpaired) electrons. The fraction of sp³-hybridized carbons (Fsp3) is 0.562. The summed E-state index contributed by atoms with van der Waals surface area (Å²) >= 11 is 0. The van der Waals surface area contributed by atoms with Crippen molar-refractivity contribution >= 4 is 17.3 Å². The smallest absolute Gasteiger partial charge is 0.293 e. The molecule has 6 heteroatoms. The minimum absolute atomic E-state index is 0.0897. The lowest BCUT2D eigenvalue weighted by atomic mass is 9.99. The molecule has 1 unspecified atom stereocenters. The largest absolute Gasteiger partial charge is 0.383 e. The first-order valence-corrected chi connectivity index (χ1v) is 7.77. The van der Waals surface area contributed by atoms with Crippen LogP contribution in [0.25, 0.3) is 0 Å². The first-order chi connectivity index (χ1) is 10.5. The number of nitrogens with zero attached hydrogens (tertiary/aromatic N) is 1. The van der Waals surface area contributed by atoms with Gasteiger partial charge in [-0.3, -0.25) is 14.9 Å². The second kappa shape index (κ2) is 9.02. The predicted molar refractivity (Wildman–Crippen MR) is 88.3 cm³/mol. The minimum atomic E-state index is -0.487. The fourth-order valence-corrected chi connectivity index (χ4v) is 2.32. The Labute approximate surface area is 131 Å². The lowest BCUT2D eigenvalue weighted by Gasteiger charge is -2.15. The topological polar surface area (TPSA) is 84.3 Å². The normalized spacial score (nSPS) is 11.8. The zero-order valence-corrected chi connectivity index (χ0v) is 13.5. The van der Waals surface area contributed by atoms with Crippen LogP contribution in [0.3, 0.4) is 0 Å². The van der Waals surface area contributed by atoms with Gasteiger partial charge in [0.2, 0.25) is 0 Å². The summed E-state index contributed by atoms with van der Waals surface area (Å²) in [6, 6.07) is 4.47. The van der Waals surface area contributed by atoms with Gasteiger partial charge in [-0.1, -0.05) is 33.1 Å². The maximum absolute atomic E-state index is 12.2. The van der Waals surface area contributed by atoms with Crippen LogP contribution in [0, 0.1) is 16.0 Å². The minimum Gasteiger partial charge on any atom is -0.383 e. The van der Waals surface area contributed by atoms with Gasteiger partial charge in [-0.05, 0) is 24.5 Å². The van der Waals surface area contributed by atoms with E-state index in [2.05, 4.69) is 24.5 Å². The number of anilines is 1. The van der Waals surface area contributed by atoms with Crippen molar-refractivity contribution in [3.8, 4) is 0 Å². The molecule has 1 aromatic rings. The number of rotatable bonds is 9. The molecule has 2 N–H and O–H groups in total. The Morgan fingerprint density at radius 2 is 2.09 bits per heavy atom. The van der Waals surface area contributed by atoms with E-state index in [0.29, 0.717) is 23.7 Å². The van der Waals surface area contributed by atoms with Crippen LogP contribution < -0.4 is 10.6 Å². The van der Waals surface area contributed by atoms with E-state index in [4.69, 9.17) is 0 Å². The summed E-state index contributed by atoms with van der Waals surface area (Å²) in [5.41, 5.74) is 0.625. The third-order valence-corrected chi connectivity index (χ3v) is 3.82. The molecule has 0 aromatic heterocycles. The number of carbonyl (C=O) groups is 1. The van der Waals surface area contributed by atoms with Crippen LogP contribution in [-0.4, -0.2) is 24.4 Å². The number of benzene rings is 1. The van der Waals surface area contributed by atoms with Crippen molar-refractivity contribution in [1.29, 1.82) is 0 Å². The molecule has 0 bridgehead atoms. The van der Waals surface area contributed by atoms with Gasteiger partial charge in [0.15, 0.2) is 0 Å². The molecule has 22 heavy (non-hydrogen) atoms. The van der Waals surface area contributed by atoms with Crippen molar-refractivity contribution in [2.75, 3.05) is 18.9 Å². The molecular weight excluding hydrogens is 282 g/mol. The van der Waals surface area contributed by atoms with Gasteiger partial charge in [0.05, 0.1) is 4.92 Å². The number of hydrogen-bond donors (Lipinski definition) is 2. The van der Waals surface area contributed by atoms with Gasteiger partial charge in [0.1, 0.15) is 5.69 Å². The van der Waals surface area contributed by atoms with Crippen LogP contribution >= 0.6 is 0 Å². The molecular formula is C16H25N3O3. The van der Waals surface area contributed by atoms with Crippen molar-refractivity contribution in [3.05, 3.63) is 33.9 Å². The van der Waals surface area contributed by atoms with Crippen LogP contribution in [0.1, 0.15) is 49.9 Å². The van der Waals surface area contributed by atoms with Crippen LogP contribution in [0.5, 0.6) is 0 Å². The van der Waals surface area contributed by atoms with Gasteiger partial charge >= 0.3 is 0 Å². The highest BCUT2D eigenvalue weighted by Gasteiger charge is 2.17. The molecule has 0 spiro atoms. The van der Waals surface area contributed by atoms with Crippen LogP contribution in [-0.2, 0) is 0 Å². The summed E-state index contributed by atoms with van der Waals surface area (Å²) in [7, 11) is 1.61. The number of carbonyl (C=O) groups excluding carboxylic acids is 1. The number of hydrogen-bond acceptors (Lipinski definition) is 4. The van der Waals surface area contributed by atoms with Crippen molar-refractivity contribution in [1.82, 2.24) is 5.32 Å². The number of unbranched alkanes of at least 4 members (excludes halogenated alkanes) is 1. The Balaban J connectivity index is 2.73. The predicted octanol–water partition coefficient (Wildman–Crippen LogP) is 3.58. The number of amides is 1. The lowest BCUT2D eigenvalue weighted by molar-refractivity contribution is -0.384. The quantitative estimate of drug-likeness (QED) is 0.539. The van der Waals surface area contributed by atoms with Gasteiger partial charge in [-0.25, -0.2) is 0 Å². The number of nitro benzene ring substituents is 1. The number of nitro groups is 1. The molecule has 0 aliphatic rings. The maximum atomic E-state index is 12.2. The van der Waals surface area contributed by atoms with Crippen LogP contribution in [0.2, 0.25) is 0 Å². The second-order valence-corrected chi connectivity index (χ2v) is 5.37. The first-order valence-electron chi connectivity index (χ1n) is 7.77. The van der Waals surface area contributed by atoms with Gasteiger partial charge < -0.3 is 10.6 Å². The van der Waals surface area contributed by atoms with E-state index in [1.54, 1.807) is 19.2 Å². The number of nitrogens with one attached hydrogen (secondary N) is 2. The summed E-state index contributed by atoms with van der Waals surface area (Å²) in [6.07, 6.45) is 4.39. The summed E-state index contributed by atoms with van der Waals surface area (Å²) < 4.78 is 0. The first kappa shape index (κ1) is 17.9. The van der Waals surface area contributed by atoms with E-state index in [0.717, 1.165) is 25.7 Å². The SMILES string of the molecule is CCCCC(CC)CNC(=O)c1ccc(NC)c([N+](=O)[O-])c1. The molecule has 1 aromatic carbocycles. The van der Waals surface area contributed by atoms with Crippen molar-refractivity contribution < 1.29 is 9.72 Å². The van der Waals surface area contributed by atoms with Gasteiger partial charge in [-0.15, -0.1) is 0 Å². The Morgan fingerprint density at radius 1 is 1.36 bits per heavy atom. The Bertz CT molecular complexity index is 517. The Morgan fingerprint density at radius 3 is 2.64 bits per heavy atom. The second-order valence-electron chi connectivity index (χ2n) is 5.37. The van der Waals surface area contributed by atoms with Crippen LogP contribution in [0.4, 0.5) is 11.4 Å². The molecule has 0 heterocycles. The molecule has 0 saturated carbocycles. The monoisotopic (exact) mass is 307 g/mol. The maximum Gasteiger partial charge on any atom is 0.293 e. The van der Waals surface area contributed by atoms with Crippen molar-refractivity contribution in [2.24, 2.45) is 5.92 Å². The summed E-state index contributed by atoms with van der Waals surface area (Å²) in [4.78, 5) is 22.7. The average molecular weight is 307 g/mol. The fourth-order valence-electron chi connectivity index (χ4n) is 2.32. The zero-order chi connectivity index (χ0) is 16.5. The van der Waals surface area contributed by atoms with E-state index in [-0.39, 0.29) is 11.6 Å². The highest BCUT2D eigenvalue weighted by Crippen LogP contribution is 2.25.